The van der Waals surface area contributed by atoms with Gasteiger partial charge in [0.25, 0.3) is 0 Å². The Labute approximate surface area is 172 Å². The van der Waals surface area contributed by atoms with Gasteiger partial charge in [-0.3, -0.25) is 4.90 Å². The van der Waals surface area contributed by atoms with Gasteiger partial charge in [0.05, 0.1) is 0 Å². The molecule has 1 saturated carbocycles. The molecule has 5 nitrogen and oxygen atoms in total. The number of carbonyl (C=O) groups is 1. The summed E-state index contributed by atoms with van der Waals surface area (Å²) in [5.74, 6) is 0.773. The van der Waals surface area contributed by atoms with Crippen LogP contribution in [0.4, 0.5) is 10.5 Å². The molecule has 28 heavy (non-hydrogen) atoms. The van der Waals surface area contributed by atoms with Crippen molar-refractivity contribution >= 4 is 33.1 Å². The van der Waals surface area contributed by atoms with Crippen molar-refractivity contribution in [3.05, 3.63) is 29.6 Å². The average Bonchev–Trinajstić information content (AvgIpc) is 3.18. The minimum atomic E-state index is 0.0720. The van der Waals surface area contributed by atoms with E-state index in [0.29, 0.717) is 6.04 Å². The Hall–Kier alpha value is -1.79. The van der Waals surface area contributed by atoms with Gasteiger partial charge in [-0.1, -0.05) is 6.07 Å². The molecule has 1 aromatic carbocycles. The van der Waals surface area contributed by atoms with Crippen LogP contribution < -0.4 is 10.2 Å². The van der Waals surface area contributed by atoms with Gasteiger partial charge in [-0.15, -0.1) is 11.3 Å². The number of nitrogens with zero attached hydrogens (tertiary/aromatic N) is 3. The van der Waals surface area contributed by atoms with Crippen molar-refractivity contribution in [2.45, 2.75) is 32.2 Å². The third kappa shape index (κ3) is 4.28. The number of carbonyl (C=O) groups excluding carboxylic acids is 1. The summed E-state index contributed by atoms with van der Waals surface area (Å²) in [6.07, 6.45) is 3.54. The summed E-state index contributed by atoms with van der Waals surface area (Å²) in [5, 5.41) is 6.73. The SMILES string of the molecule is CCN(C)C(=O)N[C@H]1C[C@H](CCN2CCN(c3cccc4sccc34)CC2)C1. The van der Waals surface area contributed by atoms with E-state index >= 15 is 0 Å². The first-order valence-electron chi connectivity index (χ1n) is 10.6. The molecule has 2 aromatic rings. The lowest BCUT2D eigenvalue weighted by Gasteiger charge is -2.40. The van der Waals surface area contributed by atoms with Crippen LogP contribution in [0.15, 0.2) is 29.6 Å². The summed E-state index contributed by atoms with van der Waals surface area (Å²) in [7, 11) is 1.85. The van der Waals surface area contributed by atoms with E-state index in [2.05, 4.69) is 44.8 Å². The molecule has 0 spiro atoms. The predicted molar refractivity (Wildman–Crippen MR) is 118 cm³/mol. The predicted octanol–water partition coefficient (Wildman–Crippen LogP) is 3.85. The fraction of sp³-hybridized carbons (Fsp3) is 0.591. The monoisotopic (exact) mass is 400 g/mol. The molecule has 6 heteroatoms. The van der Waals surface area contributed by atoms with Crippen LogP contribution in [0.3, 0.4) is 0 Å². The van der Waals surface area contributed by atoms with Gasteiger partial charge >= 0.3 is 6.03 Å². The van der Waals surface area contributed by atoms with Gasteiger partial charge in [0.2, 0.25) is 0 Å². The van der Waals surface area contributed by atoms with E-state index in [1.54, 1.807) is 4.90 Å². The number of urea groups is 1. The molecule has 1 aromatic heterocycles. The summed E-state index contributed by atoms with van der Waals surface area (Å²) in [5.41, 5.74) is 1.40. The zero-order valence-electron chi connectivity index (χ0n) is 17.1. The molecule has 0 atom stereocenters. The van der Waals surface area contributed by atoms with Crippen LogP contribution in [-0.4, -0.2) is 68.2 Å². The number of hydrogen-bond acceptors (Lipinski definition) is 4. The molecule has 0 radical (unpaired) electrons. The zero-order chi connectivity index (χ0) is 19.5. The summed E-state index contributed by atoms with van der Waals surface area (Å²) in [4.78, 5) is 18.8. The van der Waals surface area contributed by atoms with Crippen molar-refractivity contribution in [3.8, 4) is 0 Å². The maximum absolute atomic E-state index is 11.9. The van der Waals surface area contributed by atoms with Crippen LogP contribution in [0.1, 0.15) is 26.2 Å². The zero-order valence-corrected chi connectivity index (χ0v) is 17.9. The quantitative estimate of drug-likeness (QED) is 0.800. The van der Waals surface area contributed by atoms with Gasteiger partial charge in [0, 0.05) is 61.6 Å². The molecule has 152 valence electrons. The third-order valence-corrected chi connectivity index (χ3v) is 7.31. The molecule has 0 bridgehead atoms. The molecule has 1 saturated heterocycles. The molecule has 2 amide bonds. The van der Waals surface area contributed by atoms with E-state index in [4.69, 9.17) is 0 Å². The van der Waals surface area contributed by atoms with Crippen LogP contribution in [0.25, 0.3) is 10.1 Å². The first-order chi connectivity index (χ1) is 13.6. The lowest BCUT2D eigenvalue weighted by Crippen LogP contribution is -2.50. The maximum Gasteiger partial charge on any atom is 0.317 e. The Bertz CT molecular complexity index is 793. The summed E-state index contributed by atoms with van der Waals surface area (Å²) < 4.78 is 1.39. The second kappa shape index (κ2) is 8.70. The Balaban J connectivity index is 1.17. The van der Waals surface area contributed by atoms with Gasteiger partial charge in [-0.2, -0.15) is 0 Å². The number of piperazine rings is 1. The average molecular weight is 401 g/mol. The number of hydrogen-bond donors (Lipinski definition) is 1. The van der Waals surface area contributed by atoms with Crippen molar-refractivity contribution in [2.75, 3.05) is 51.2 Å². The summed E-state index contributed by atoms with van der Waals surface area (Å²) >= 11 is 1.83. The van der Waals surface area contributed by atoms with Crippen molar-refractivity contribution < 1.29 is 4.79 Å². The highest BCUT2D eigenvalue weighted by Crippen LogP contribution is 2.32. The third-order valence-electron chi connectivity index (χ3n) is 6.42. The first-order valence-corrected chi connectivity index (χ1v) is 11.5. The van der Waals surface area contributed by atoms with Gasteiger partial charge in [-0.05, 0) is 62.2 Å². The maximum atomic E-state index is 11.9. The van der Waals surface area contributed by atoms with Crippen molar-refractivity contribution in [3.63, 3.8) is 0 Å². The topological polar surface area (TPSA) is 38.8 Å². The van der Waals surface area contributed by atoms with Crippen LogP contribution in [0.2, 0.25) is 0 Å². The summed E-state index contributed by atoms with van der Waals surface area (Å²) in [6, 6.07) is 9.38. The lowest BCUT2D eigenvalue weighted by molar-refractivity contribution is 0.159. The van der Waals surface area contributed by atoms with E-state index in [1.165, 1.54) is 28.7 Å². The smallest absolute Gasteiger partial charge is 0.317 e. The van der Waals surface area contributed by atoms with Crippen LogP contribution >= 0.6 is 11.3 Å². The molecule has 2 heterocycles. The normalized spacial score (nSPS) is 22.9. The van der Waals surface area contributed by atoms with Crippen molar-refractivity contribution in [1.82, 2.24) is 15.1 Å². The second-order valence-electron chi connectivity index (χ2n) is 8.22. The molecular formula is C22H32N4OS. The van der Waals surface area contributed by atoms with Crippen LogP contribution in [0, 0.1) is 5.92 Å². The molecule has 2 fully saturated rings. The molecule has 1 aliphatic heterocycles. The number of benzene rings is 1. The minimum absolute atomic E-state index is 0.0720. The van der Waals surface area contributed by atoms with E-state index < -0.39 is 0 Å². The van der Waals surface area contributed by atoms with Crippen LogP contribution in [0.5, 0.6) is 0 Å². The van der Waals surface area contributed by atoms with Crippen molar-refractivity contribution in [2.24, 2.45) is 5.92 Å². The molecule has 1 N–H and O–H groups in total. The van der Waals surface area contributed by atoms with Crippen molar-refractivity contribution in [1.29, 1.82) is 0 Å². The van der Waals surface area contributed by atoms with Gasteiger partial charge in [-0.25, -0.2) is 4.79 Å². The highest BCUT2D eigenvalue weighted by molar-refractivity contribution is 7.17. The molecule has 1 aliphatic carbocycles. The Kier molecular flexibility index (Phi) is 6.07. The van der Waals surface area contributed by atoms with Crippen LogP contribution in [-0.2, 0) is 0 Å². The molecule has 4 rings (SSSR count). The van der Waals surface area contributed by atoms with Gasteiger partial charge in [0.1, 0.15) is 0 Å². The van der Waals surface area contributed by atoms with E-state index in [0.717, 1.165) is 51.5 Å². The number of rotatable bonds is 6. The molecule has 2 aliphatic rings. The van der Waals surface area contributed by atoms with Gasteiger partial charge in [0.15, 0.2) is 0 Å². The fourth-order valence-corrected chi connectivity index (χ4v) is 5.16. The van der Waals surface area contributed by atoms with Gasteiger partial charge < -0.3 is 15.1 Å². The second-order valence-corrected chi connectivity index (χ2v) is 9.17. The number of thiophene rings is 1. The number of amides is 2. The highest BCUT2D eigenvalue weighted by atomic mass is 32.1. The van der Waals surface area contributed by atoms with E-state index in [-0.39, 0.29) is 6.03 Å². The molecular weight excluding hydrogens is 368 g/mol. The van der Waals surface area contributed by atoms with E-state index in [9.17, 15) is 4.79 Å². The minimum Gasteiger partial charge on any atom is -0.368 e. The standard InChI is InChI=1S/C22H32N4OS/c1-3-24(2)22(27)23-18-15-17(16-18)7-9-25-10-12-26(13-11-25)20-5-4-6-21-19(20)8-14-28-21/h4-6,8,14,17-18H,3,7,9-13,15-16H2,1-2H3,(H,23,27)/t17-,18-. The Morgan fingerprint density at radius 2 is 2.00 bits per heavy atom. The fourth-order valence-electron chi connectivity index (χ4n) is 4.35. The molecule has 0 unspecified atom stereocenters. The highest BCUT2D eigenvalue weighted by Gasteiger charge is 2.31. The Morgan fingerprint density at radius 1 is 1.21 bits per heavy atom. The first kappa shape index (κ1) is 19.5. The number of fused-ring (bicyclic) bond motifs is 1. The number of anilines is 1. The van der Waals surface area contributed by atoms with E-state index in [1.807, 2.05) is 25.3 Å². The Morgan fingerprint density at radius 3 is 2.75 bits per heavy atom. The number of nitrogens with one attached hydrogen (secondary N) is 1. The lowest BCUT2D eigenvalue weighted by atomic mass is 9.78. The summed E-state index contributed by atoms with van der Waals surface area (Å²) in [6.45, 7) is 8.47. The largest absolute Gasteiger partial charge is 0.368 e.